The summed E-state index contributed by atoms with van der Waals surface area (Å²) in [4.78, 5) is 10.8. The first kappa shape index (κ1) is 12.8. The van der Waals surface area contributed by atoms with Crippen molar-refractivity contribution >= 4 is 17.7 Å². The lowest BCUT2D eigenvalue weighted by Crippen LogP contribution is -2.41. The highest BCUT2D eigenvalue weighted by Crippen LogP contribution is 2.04. The second-order valence-electron chi connectivity index (χ2n) is 3.20. The van der Waals surface area contributed by atoms with Crippen molar-refractivity contribution in [2.45, 2.75) is 39.3 Å². The topological polar surface area (TPSA) is 49.3 Å². The molecule has 1 atom stereocenters. The summed E-state index contributed by atoms with van der Waals surface area (Å²) < 4.78 is 0. The van der Waals surface area contributed by atoms with E-state index in [9.17, 15) is 4.79 Å². The first-order valence-corrected chi connectivity index (χ1v) is 5.80. The van der Waals surface area contributed by atoms with Crippen LogP contribution in [0.15, 0.2) is 0 Å². The quantitative estimate of drug-likeness (QED) is 0.620. The van der Waals surface area contributed by atoms with Gasteiger partial charge in [-0.25, -0.2) is 0 Å². The molecule has 2 N–H and O–H groups in total. The smallest absolute Gasteiger partial charge is 0.320 e. The van der Waals surface area contributed by atoms with Gasteiger partial charge < -0.3 is 10.4 Å². The van der Waals surface area contributed by atoms with Gasteiger partial charge in [-0.3, -0.25) is 4.79 Å². The van der Waals surface area contributed by atoms with Gasteiger partial charge in [0.15, 0.2) is 0 Å². The minimum absolute atomic E-state index is 0.229. The summed E-state index contributed by atoms with van der Waals surface area (Å²) in [5.41, 5.74) is 0. The van der Waals surface area contributed by atoms with E-state index < -0.39 is 5.97 Å². The van der Waals surface area contributed by atoms with E-state index in [0.29, 0.717) is 6.42 Å². The van der Waals surface area contributed by atoms with Crippen LogP contribution in [0.3, 0.4) is 0 Å². The van der Waals surface area contributed by atoms with Gasteiger partial charge in [0.05, 0.1) is 0 Å². The highest BCUT2D eigenvalue weighted by atomic mass is 32.2. The Morgan fingerprint density at radius 3 is 2.54 bits per heavy atom. The predicted octanol–water partition coefficient (Wildman–Crippen LogP) is 1.58. The van der Waals surface area contributed by atoms with Crippen LogP contribution >= 0.6 is 11.8 Å². The minimum atomic E-state index is -0.745. The molecule has 0 heterocycles. The Hall–Kier alpha value is -0.220. The molecule has 0 aromatic heterocycles. The molecule has 13 heavy (non-hydrogen) atoms. The monoisotopic (exact) mass is 205 g/mol. The second-order valence-corrected chi connectivity index (χ2v) is 4.59. The Morgan fingerprint density at radius 2 is 2.15 bits per heavy atom. The average Bonchev–Trinajstić information content (AvgIpc) is 2.02. The van der Waals surface area contributed by atoms with Gasteiger partial charge in [0, 0.05) is 6.04 Å². The van der Waals surface area contributed by atoms with Gasteiger partial charge in [-0.15, -0.1) is 0 Å². The molecular formula is C9H19NO2S. The molecule has 3 nitrogen and oxygen atoms in total. The maximum Gasteiger partial charge on any atom is 0.320 e. The fraction of sp³-hybridized carbons (Fsp3) is 0.889. The Morgan fingerprint density at radius 1 is 1.54 bits per heavy atom. The molecule has 0 aromatic rings. The standard InChI is InChI=1S/C9H19NO2S/c1-4-13-6-5-8(9(11)12)10-7(2)3/h7-8,10H,4-6H2,1-3H3,(H,11,12). The van der Waals surface area contributed by atoms with Crippen LogP contribution in [-0.4, -0.2) is 34.7 Å². The van der Waals surface area contributed by atoms with Gasteiger partial charge >= 0.3 is 5.97 Å². The first-order valence-electron chi connectivity index (χ1n) is 4.64. The molecule has 0 amide bonds. The third-order valence-electron chi connectivity index (χ3n) is 1.59. The highest BCUT2D eigenvalue weighted by molar-refractivity contribution is 7.99. The maximum atomic E-state index is 10.8. The third-order valence-corrected chi connectivity index (χ3v) is 2.52. The van der Waals surface area contributed by atoms with E-state index >= 15 is 0 Å². The van der Waals surface area contributed by atoms with E-state index in [0.717, 1.165) is 11.5 Å². The van der Waals surface area contributed by atoms with Gasteiger partial charge in [0.25, 0.3) is 0 Å². The summed E-state index contributed by atoms with van der Waals surface area (Å²) in [6.07, 6.45) is 0.700. The lowest BCUT2D eigenvalue weighted by atomic mass is 10.2. The molecule has 1 unspecified atom stereocenters. The number of hydrogen-bond donors (Lipinski definition) is 2. The maximum absolute atomic E-state index is 10.8. The van der Waals surface area contributed by atoms with E-state index in [2.05, 4.69) is 12.2 Å². The zero-order valence-corrected chi connectivity index (χ0v) is 9.36. The lowest BCUT2D eigenvalue weighted by molar-refractivity contribution is -0.139. The Bertz CT molecular complexity index is 151. The normalized spacial score (nSPS) is 13.2. The van der Waals surface area contributed by atoms with Gasteiger partial charge in [-0.1, -0.05) is 20.8 Å². The molecule has 0 fully saturated rings. The summed E-state index contributed by atoms with van der Waals surface area (Å²) in [6, 6.07) is -0.160. The minimum Gasteiger partial charge on any atom is -0.480 e. The van der Waals surface area contributed by atoms with E-state index in [4.69, 9.17) is 5.11 Å². The van der Waals surface area contributed by atoms with Gasteiger partial charge in [0.2, 0.25) is 0 Å². The predicted molar refractivity (Wildman–Crippen MR) is 57.3 cm³/mol. The van der Waals surface area contributed by atoms with Crippen LogP contribution in [-0.2, 0) is 4.79 Å². The van der Waals surface area contributed by atoms with Gasteiger partial charge in [-0.2, -0.15) is 11.8 Å². The summed E-state index contributed by atoms with van der Waals surface area (Å²) in [5.74, 6) is 1.21. The largest absolute Gasteiger partial charge is 0.480 e. The Labute approximate surface area is 84.3 Å². The van der Waals surface area contributed by atoms with Crippen molar-refractivity contribution in [1.29, 1.82) is 0 Å². The zero-order chi connectivity index (χ0) is 10.3. The number of carboxylic acid groups (broad SMARTS) is 1. The number of carbonyl (C=O) groups is 1. The molecule has 0 saturated carbocycles. The number of rotatable bonds is 7. The summed E-state index contributed by atoms with van der Waals surface area (Å²) in [7, 11) is 0. The van der Waals surface area contributed by atoms with Crippen molar-refractivity contribution < 1.29 is 9.90 Å². The van der Waals surface area contributed by atoms with Crippen LogP contribution in [0.4, 0.5) is 0 Å². The second kappa shape index (κ2) is 7.21. The van der Waals surface area contributed by atoms with Crippen molar-refractivity contribution in [3.63, 3.8) is 0 Å². The van der Waals surface area contributed by atoms with E-state index in [1.165, 1.54) is 0 Å². The molecule has 78 valence electrons. The number of thioether (sulfide) groups is 1. The molecule has 0 saturated heterocycles. The number of nitrogens with one attached hydrogen (secondary N) is 1. The molecular weight excluding hydrogens is 186 g/mol. The van der Waals surface area contributed by atoms with Crippen LogP contribution < -0.4 is 5.32 Å². The number of hydrogen-bond acceptors (Lipinski definition) is 3. The van der Waals surface area contributed by atoms with Crippen molar-refractivity contribution in [1.82, 2.24) is 5.32 Å². The number of carboxylic acids is 1. The molecule has 0 aliphatic carbocycles. The Kier molecular flexibility index (Phi) is 7.09. The van der Waals surface area contributed by atoms with Crippen LogP contribution in [0.2, 0.25) is 0 Å². The molecule has 0 bridgehead atoms. The molecule has 0 radical (unpaired) electrons. The molecule has 4 heteroatoms. The molecule has 0 aliphatic rings. The van der Waals surface area contributed by atoms with E-state index in [-0.39, 0.29) is 12.1 Å². The van der Waals surface area contributed by atoms with Crippen molar-refractivity contribution in [3.05, 3.63) is 0 Å². The third kappa shape index (κ3) is 6.90. The molecule has 0 rings (SSSR count). The summed E-state index contributed by atoms with van der Waals surface area (Å²) in [5, 5.41) is 11.9. The van der Waals surface area contributed by atoms with Crippen molar-refractivity contribution in [2.24, 2.45) is 0 Å². The van der Waals surface area contributed by atoms with Gasteiger partial charge in [-0.05, 0) is 17.9 Å². The van der Waals surface area contributed by atoms with Gasteiger partial charge in [0.1, 0.15) is 6.04 Å². The SMILES string of the molecule is CCSCCC(NC(C)C)C(=O)O. The van der Waals surface area contributed by atoms with Crippen LogP contribution in [0.5, 0.6) is 0 Å². The first-order chi connectivity index (χ1) is 6.07. The van der Waals surface area contributed by atoms with Crippen molar-refractivity contribution in [3.8, 4) is 0 Å². The van der Waals surface area contributed by atoms with Crippen LogP contribution in [0.25, 0.3) is 0 Å². The molecule has 0 aliphatic heterocycles. The summed E-state index contributed by atoms with van der Waals surface area (Å²) in [6.45, 7) is 6.00. The lowest BCUT2D eigenvalue weighted by Gasteiger charge is -2.16. The van der Waals surface area contributed by atoms with Crippen LogP contribution in [0.1, 0.15) is 27.2 Å². The Balaban J connectivity index is 3.74. The fourth-order valence-electron chi connectivity index (χ4n) is 1.03. The van der Waals surface area contributed by atoms with Crippen LogP contribution in [0, 0.1) is 0 Å². The zero-order valence-electron chi connectivity index (χ0n) is 8.54. The van der Waals surface area contributed by atoms with E-state index in [1.807, 2.05) is 13.8 Å². The summed E-state index contributed by atoms with van der Waals surface area (Å²) >= 11 is 1.78. The molecule has 0 spiro atoms. The average molecular weight is 205 g/mol. The van der Waals surface area contributed by atoms with E-state index in [1.54, 1.807) is 11.8 Å². The highest BCUT2D eigenvalue weighted by Gasteiger charge is 2.16. The van der Waals surface area contributed by atoms with Crippen molar-refractivity contribution in [2.75, 3.05) is 11.5 Å². The fourth-order valence-corrected chi connectivity index (χ4v) is 1.72. The number of aliphatic carboxylic acids is 1. The molecule has 0 aromatic carbocycles.